The first-order valence-corrected chi connectivity index (χ1v) is 6.71. The molecule has 96 valence electrons. The lowest BCUT2D eigenvalue weighted by atomic mass is 10.1. The van der Waals surface area contributed by atoms with Gasteiger partial charge >= 0.3 is 0 Å². The van der Waals surface area contributed by atoms with Crippen molar-refractivity contribution in [3.63, 3.8) is 0 Å². The van der Waals surface area contributed by atoms with Crippen LogP contribution < -0.4 is 0 Å². The molecule has 2 heteroatoms. The highest BCUT2D eigenvalue weighted by Gasteiger charge is 2.00. The topological polar surface area (TPSA) is 9.86 Å². The van der Waals surface area contributed by atoms with Gasteiger partial charge in [0.15, 0.2) is 0 Å². The minimum atomic E-state index is 1.19. The number of rotatable bonds is 2. The van der Waals surface area contributed by atoms with Gasteiger partial charge in [0.2, 0.25) is 0 Å². The Kier molecular flexibility index (Phi) is 2.46. The average molecular weight is 258 g/mol. The van der Waals surface area contributed by atoms with Crippen LogP contribution in [0, 0.1) is 0 Å². The lowest BCUT2D eigenvalue weighted by Gasteiger charge is -2.08. The summed E-state index contributed by atoms with van der Waals surface area (Å²) in [7, 11) is 0. The Morgan fingerprint density at radius 1 is 0.500 bits per heavy atom. The van der Waals surface area contributed by atoms with Crippen molar-refractivity contribution in [2.24, 2.45) is 0 Å². The molecule has 20 heavy (non-hydrogen) atoms. The molecule has 2 heterocycles. The van der Waals surface area contributed by atoms with Crippen LogP contribution in [0.5, 0.6) is 0 Å². The van der Waals surface area contributed by atoms with E-state index in [0.717, 1.165) is 0 Å². The number of hydrogen-bond acceptors (Lipinski definition) is 0. The molecular weight excluding hydrogens is 244 g/mol. The molecule has 0 atom stereocenters. The van der Waals surface area contributed by atoms with Crippen LogP contribution in [0.2, 0.25) is 0 Å². The first-order chi connectivity index (χ1) is 9.90. The van der Waals surface area contributed by atoms with Crippen LogP contribution in [0.3, 0.4) is 0 Å². The van der Waals surface area contributed by atoms with Crippen LogP contribution in [0.1, 0.15) is 0 Å². The molecule has 0 unspecified atom stereocenters. The molecule has 0 aliphatic carbocycles. The molecule has 2 nitrogen and oxygen atoms in total. The molecule has 0 fully saturated rings. The fraction of sp³-hybridized carbons (Fsp3) is 0. The largest absolute Gasteiger partial charge is 0.324 e. The predicted molar refractivity (Wildman–Crippen MR) is 82.6 cm³/mol. The lowest BCUT2D eigenvalue weighted by Crippen LogP contribution is -1.91. The molecule has 0 saturated carbocycles. The quantitative estimate of drug-likeness (QED) is 0.503. The number of fused-ring (bicyclic) bond motifs is 1. The molecule has 0 aliphatic rings. The van der Waals surface area contributed by atoms with Crippen LogP contribution in [0.25, 0.3) is 22.1 Å². The van der Waals surface area contributed by atoms with Gasteiger partial charge in [0.25, 0.3) is 0 Å². The van der Waals surface area contributed by atoms with Crippen molar-refractivity contribution in [2.75, 3.05) is 0 Å². The summed E-state index contributed by atoms with van der Waals surface area (Å²) in [5.74, 6) is 0. The van der Waals surface area contributed by atoms with Crippen molar-refractivity contribution in [2.45, 2.75) is 0 Å². The summed E-state index contributed by atoms with van der Waals surface area (Å²) < 4.78 is 4.25. The first kappa shape index (κ1) is 11.1. The van der Waals surface area contributed by atoms with Crippen molar-refractivity contribution >= 4 is 10.8 Å². The monoisotopic (exact) mass is 258 g/mol. The SMILES string of the molecule is c1ccn(-c2ccc3cc(-n4cccc4)ccc3c2)c1. The third-order valence-corrected chi connectivity index (χ3v) is 3.61. The van der Waals surface area contributed by atoms with Crippen molar-refractivity contribution in [1.82, 2.24) is 9.13 Å². The Morgan fingerprint density at radius 2 is 0.900 bits per heavy atom. The Balaban J connectivity index is 1.83. The van der Waals surface area contributed by atoms with E-state index in [0.29, 0.717) is 0 Å². The molecule has 2 aromatic carbocycles. The molecule has 4 aromatic rings. The number of aromatic nitrogens is 2. The number of hydrogen-bond donors (Lipinski definition) is 0. The molecule has 0 saturated heterocycles. The Morgan fingerprint density at radius 3 is 1.30 bits per heavy atom. The van der Waals surface area contributed by atoms with Crippen molar-refractivity contribution < 1.29 is 0 Å². The second-order valence-electron chi connectivity index (χ2n) is 4.90. The van der Waals surface area contributed by atoms with E-state index < -0.39 is 0 Å². The molecular formula is C18H14N2. The van der Waals surface area contributed by atoms with E-state index in [1.54, 1.807) is 0 Å². The smallest absolute Gasteiger partial charge is 0.0455 e. The van der Waals surface area contributed by atoms with Gasteiger partial charge in [0.05, 0.1) is 0 Å². The summed E-state index contributed by atoms with van der Waals surface area (Å²) in [6.07, 6.45) is 8.26. The molecule has 0 amide bonds. The van der Waals surface area contributed by atoms with Gasteiger partial charge in [-0.15, -0.1) is 0 Å². The van der Waals surface area contributed by atoms with E-state index in [1.165, 1.54) is 22.1 Å². The highest BCUT2D eigenvalue weighted by molar-refractivity contribution is 5.86. The van der Waals surface area contributed by atoms with Crippen LogP contribution in [0.4, 0.5) is 0 Å². The van der Waals surface area contributed by atoms with E-state index in [9.17, 15) is 0 Å². The average Bonchev–Trinajstić information content (AvgIpc) is 3.19. The Bertz CT molecular complexity index is 767. The van der Waals surface area contributed by atoms with E-state index in [4.69, 9.17) is 0 Å². The summed E-state index contributed by atoms with van der Waals surface area (Å²) in [4.78, 5) is 0. The molecule has 0 bridgehead atoms. The predicted octanol–water partition coefficient (Wildman–Crippen LogP) is 4.42. The van der Waals surface area contributed by atoms with Crippen LogP contribution in [0.15, 0.2) is 85.5 Å². The van der Waals surface area contributed by atoms with Gasteiger partial charge in [-0.3, -0.25) is 0 Å². The zero-order valence-corrected chi connectivity index (χ0v) is 11.0. The van der Waals surface area contributed by atoms with Crippen LogP contribution >= 0.6 is 0 Å². The second-order valence-corrected chi connectivity index (χ2v) is 4.90. The van der Waals surface area contributed by atoms with Crippen LogP contribution in [-0.4, -0.2) is 9.13 Å². The van der Waals surface area contributed by atoms with Crippen molar-refractivity contribution in [3.05, 3.63) is 85.5 Å². The summed E-state index contributed by atoms with van der Waals surface area (Å²) in [5.41, 5.74) is 2.38. The zero-order valence-electron chi connectivity index (χ0n) is 11.0. The van der Waals surface area contributed by atoms with Crippen LogP contribution in [-0.2, 0) is 0 Å². The van der Waals surface area contributed by atoms with Gasteiger partial charge in [-0.2, -0.15) is 0 Å². The van der Waals surface area contributed by atoms with E-state index >= 15 is 0 Å². The maximum atomic E-state index is 2.22. The molecule has 0 aliphatic heterocycles. The highest BCUT2D eigenvalue weighted by atomic mass is 14.9. The normalized spacial score (nSPS) is 11.0. The Labute approximate surface area is 117 Å². The molecule has 2 aromatic heterocycles. The van der Waals surface area contributed by atoms with E-state index in [2.05, 4.69) is 70.3 Å². The Hall–Kier alpha value is -2.74. The molecule has 4 rings (SSSR count). The summed E-state index contributed by atoms with van der Waals surface area (Å²) in [6.45, 7) is 0. The maximum Gasteiger partial charge on any atom is 0.0455 e. The maximum absolute atomic E-state index is 2.22. The first-order valence-electron chi connectivity index (χ1n) is 6.71. The third-order valence-electron chi connectivity index (χ3n) is 3.61. The second kappa shape index (κ2) is 4.42. The van der Waals surface area contributed by atoms with Gasteiger partial charge in [0.1, 0.15) is 0 Å². The minimum Gasteiger partial charge on any atom is -0.324 e. The molecule has 0 N–H and O–H groups in total. The fourth-order valence-corrected chi connectivity index (χ4v) is 2.56. The molecule has 0 radical (unpaired) electrons. The standard InChI is InChI=1S/C18H14N2/c1-2-10-19(9-1)17-7-5-16-14-18(8-6-15(16)13-17)20-11-3-4-12-20/h1-14H. The fourth-order valence-electron chi connectivity index (χ4n) is 2.56. The number of nitrogens with zero attached hydrogens (tertiary/aromatic N) is 2. The van der Waals surface area contributed by atoms with Gasteiger partial charge in [0, 0.05) is 36.2 Å². The van der Waals surface area contributed by atoms with E-state index in [-0.39, 0.29) is 0 Å². The highest BCUT2D eigenvalue weighted by Crippen LogP contribution is 2.22. The summed E-state index contributed by atoms with van der Waals surface area (Å²) in [5, 5.41) is 2.51. The lowest BCUT2D eigenvalue weighted by molar-refractivity contribution is 1.08. The zero-order chi connectivity index (χ0) is 13.4. The number of benzene rings is 2. The van der Waals surface area contributed by atoms with Gasteiger partial charge in [-0.1, -0.05) is 12.1 Å². The van der Waals surface area contributed by atoms with Crippen molar-refractivity contribution in [3.8, 4) is 11.4 Å². The summed E-state index contributed by atoms with van der Waals surface area (Å²) >= 11 is 0. The van der Waals surface area contributed by atoms with Gasteiger partial charge < -0.3 is 9.13 Å². The van der Waals surface area contributed by atoms with Gasteiger partial charge in [-0.05, 0) is 59.3 Å². The summed E-state index contributed by atoms with van der Waals surface area (Å²) in [6, 6.07) is 21.3. The minimum absolute atomic E-state index is 1.19. The van der Waals surface area contributed by atoms with E-state index in [1.807, 2.05) is 24.3 Å². The third kappa shape index (κ3) is 1.82. The molecule has 0 spiro atoms. The van der Waals surface area contributed by atoms with Crippen molar-refractivity contribution in [1.29, 1.82) is 0 Å². The van der Waals surface area contributed by atoms with Gasteiger partial charge in [-0.25, -0.2) is 0 Å².